The summed E-state index contributed by atoms with van der Waals surface area (Å²) in [7, 11) is -2.09. The Hall–Kier alpha value is -2.09. The molecule has 2 rings (SSSR count). The van der Waals surface area contributed by atoms with Crippen LogP contribution in [0.15, 0.2) is 58.3 Å². The molecule has 0 radical (unpaired) electrons. The normalized spacial score (nSPS) is 12.9. The molecule has 0 heterocycles. The molecule has 0 saturated carbocycles. The van der Waals surface area contributed by atoms with Crippen LogP contribution in [0.3, 0.4) is 0 Å². The molecule has 2 N–H and O–H groups in total. The highest BCUT2D eigenvalue weighted by molar-refractivity contribution is 7.99. The zero-order chi connectivity index (χ0) is 20.7. The summed E-state index contributed by atoms with van der Waals surface area (Å²) in [6.45, 7) is 6.33. The maximum atomic E-state index is 12.2. The number of thioether (sulfide) groups is 1. The molecule has 2 aromatic rings. The van der Waals surface area contributed by atoms with Crippen molar-refractivity contribution in [3.05, 3.63) is 59.7 Å². The number of carbonyl (C=O) groups is 1. The smallest absolute Gasteiger partial charge is 0.248 e. The highest BCUT2D eigenvalue weighted by Crippen LogP contribution is 2.28. The Morgan fingerprint density at radius 1 is 1.18 bits per heavy atom. The van der Waals surface area contributed by atoms with Gasteiger partial charge in [-0.1, -0.05) is 26.0 Å². The van der Waals surface area contributed by atoms with Crippen molar-refractivity contribution in [2.45, 2.75) is 42.2 Å². The Morgan fingerprint density at radius 2 is 1.86 bits per heavy atom. The molecule has 1 amide bonds. The van der Waals surface area contributed by atoms with E-state index in [9.17, 15) is 13.2 Å². The van der Waals surface area contributed by atoms with Crippen LogP contribution in [0.4, 0.5) is 5.69 Å². The average Bonchev–Trinajstić information content (AvgIpc) is 2.68. The van der Waals surface area contributed by atoms with Crippen LogP contribution in [0.1, 0.15) is 31.4 Å². The third-order valence-corrected chi connectivity index (χ3v) is 6.95. The van der Waals surface area contributed by atoms with Gasteiger partial charge in [-0.05, 0) is 67.9 Å². The third kappa shape index (κ3) is 6.22. The van der Waals surface area contributed by atoms with Gasteiger partial charge in [0.2, 0.25) is 15.9 Å². The van der Waals surface area contributed by atoms with E-state index < -0.39 is 10.0 Å². The molecule has 5 nitrogen and oxygen atoms in total. The van der Waals surface area contributed by atoms with Gasteiger partial charge in [0.15, 0.2) is 0 Å². The van der Waals surface area contributed by atoms with E-state index in [4.69, 9.17) is 0 Å². The topological polar surface area (TPSA) is 75.3 Å². The molecular formula is C21H26N2O3S2. The summed E-state index contributed by atoms with van der Waals surface area (Å²) in [5.74, 6) is -0.239. The quantitative estimate of drug-likeness (QED) is 0.491. The number of amides is 1. The number of aryl methyl sites for hydroxylation is 1. The van der Waals surface area contributed by atoms with E-state index in [0.717, 1.165) is 23.2 Å². The van der Waals surface area contributed by atoms with Gasteiger partial charge in [-0.2, -0.15) is 0 Å². The Bertz CT molecular complexity index is 952. The van der Waals surface area contributed by atoms with E-state index in [0.29, 0.717) is 5.25 Å². The molecule has 0 aliphatic heterocycles. The standard InChI is InChI=1S/C21H26N2O3S2/c1-5-16(3)27-18-9-12-20(15(2)14-18)23-21(24)13-8-17-6-10-19(11-7-17)28(25,26)22-4/h6-14,16,22H,5H2,1-4H3,(H,23,24)/b13-8+. The van der Waals surface area contributed by atoms with Gasteiger partial charge in [0.05, 0.1) is 4.90 Å². The minimum atomic E-state index is -3.46. The van der Waals surface area contributed by atoms with Crippen LogP contribution in [0, 0.1) is 6.92 Å². The second-order valence-corrected chi connectivity index (χ2v) is 9.81. The van der Waals surface area contributed by atoms with Gasteiger partial charge >= 0.3 is 0 Å². The fraction of sp³-hybridized carbons (Fsp3) is 0.286. The van der Waals surface area contributed by atoms with E-state index in [1.54, 1.807) is 18.2 Å². The Labute approximate surface area is 171 Å². The molecule has 1 atom stereocenters. The molecule has 0 bridgehead atoms. The first-order chi connectivity index (χ1) is 13.2. The van der Waals surface area contributed by atoms with E-state index in [1.165, 1.54) is 30.2 Å². The van der Waals surface area contributed by atoms with Gasteiger partial charge in [-0.3, -0.25) is 4.79 Å². The number of sulfonamides is 1. The lowest BCUT2D eigenvalue weighted by atomic mass is 10.2. The second-order valence-electron chi connectivity index (χ2n) is 6.41. The predicted octanol–water partition coefficient (Wildman–Crippen LogP) is 4.45. The first-order valence-corrected chi connectivity index (χ1v) is 11.4. The molecule has 2 aromatic carbocycles. The van der Waals surface area contributed by atoms with Gasteiger partial charge in [-0.25, -0.2) is 13.1 Å². The van der Waals surface area contributed by atoms with Crippen LogP contribution in [0.25, 0.3) is 6.08 Å². The second kappa shape index (κ2) is 9.91. The summed E-state index contributed by atoms with van der Waals surface area (Å²) < 4.78 is 25.7. The van der Waals surface area contributed by atoms with Crippen LogP contribution in [0.5, 0.6) is 0 Å². The van der Waals surface area contributed by atoms with E-state index in [2.05, 4.69) is 30.0 Å². The lowest BCUT2D eigenvalue weighted by Crippen LogP contribution is -2.18. The monoisotopic (exact) mass is 418 g/mol. The van der Waals surface area contributed by atoms with E-state index in [-0.39, 0.29) is 10.8 Å². The summed E-state index contributed by atoms with van der Waals surface area (Å²) in [5, 5.41) is 3.43. The largest absolute Gasteiger partial charge is 0.322 e. The number of nitrogens with one attached hydrogen (secondary N) is 2. The van der Waals surface area contributed by atoms with Crippen molar-refractivity contribution in [1.29, 1.82) is 0 Å². The molecule has 0 aromatic heterocycles. The van der Waals surface area contributed by atoms with Crippen LogP contribution >= 0.6 is 11.8 Å². The first-order valence-electron chi connectivity index (χ1n) is 9.05. The van der Waals surface area contributed by atoms with Crippen LogP contribution in [0.2, 0.25) is 0 Å². The number of carbonyl (C=O) groups excluding carboxylic acids is 1. The molecule has 0 spiro atoms. The van der Waals surface area contributed by atoms with E-state index in [1.807, 2.05) is 30.8 Å². The number of anilines is 1. The Balaban J connectivity index is 2.02. The predicted molar refractivity (Wildman–Crippen MR) is 117 cm³/mol. The Morgan fingerprint density at radius 3 is 2.43 bits per heavy atom. The van der Waals surface area contributed by atoms with E-state index >= 15 is 0 Å². The van der Waals surface area contributed by atoms with Gasteiger partial charge in [0.25, 0.3) is 0 Å². The highest BCUT2D eigenvalue weighted by Gasteiger charge is 2.10. The van der Waals surface area contributed by atoms with Crippen molar-refractivity contribution in [2.24, 2.45) is 0 Å². The number of rotatable bonds is 8. The Kier molecular flexibility index (Phi) is 7.86. The van der Waals surface area contributed by atoms with Gasteiger partial charge in [0.1, 0.15) is 0 Å². The van der Waals surface area contributed by atoms with Gasteiger partial charge in [-0.15, -0.1) is 11.8 Å². The highest BCUT2D eigenvalue weighted by atomic mass is 32.2. The SMILES string of the molecule is CCC(C)Sc1ccc(NC(=O)/C=C/c2ccc(S(=O)(=O)NC)cc2)c(C)c1. The average molecular weight is 419 g/mol. The van der Waals surface area contributed by atoms with Crippen molar-refractivity contribution in [3.8, 4) is 0 Å². The molecule has 28 heavy (non-hydrogen) atoms. The lowest BCUT2D eigenvalue weighted by molar-refractivity contribution is -0.111. The molecule has 0 saturated heterocycles. The summed E-state index contributed by atoms with van der Waals surface area (Å²) in [5.41, 5.74) is 2.53. The van der Waals surface area contributed by atoms with Crippen molar-refractivity contribution in [1.82, 2.24) is 4.72 Å². The molecular weight excluding hydrogens is 392 g/mol. The minimum Gasteiger partial charge on any atom is -0.322 e. The van der Waals surface area contributed by atoms with Gasteiger partial charge < -0.3 is 5.32 Å². The summed E-state index contributed by atoms with van der Waals surface area (Å²) in [6, 6.07) is 12.3. The third-order valence-electron chi connectivity index (χ3n) is 4.25. The maximum absolute atomic E-state index is 12.2. The lowest BCUT2D eigenvalue weighted by Gasteiger charge is -2.11. The first kappa shape index (κ1) is 22.2. The molecule has 0 aliphatic rings. The summed E-state index contributed by atoms with van der Waals surface area (Å²) in [4.78, 5) is 13.6. The van der Waals surface area contributed by atoms with Crippen LogP contribution in [-0.2, 0) is 14.8 Å². The van der Waals surface area contributed by atoms with Crippen molar-refractivity contribution in [2.75, 3.05) is 12.4 Å². The zero-order valence-electron chi connectivity index (χ0n) is 16.5. The zero-order valence-corrected chi connectivity index (χ0v) is 18.2. The molecule has 7 heteroatoms. The summed E-state index contributed by atoms with van der Waals surface area (Å²) >= 11 is 1.82. The number of hydrogen-bond acceptors (Lipinski definition) is 4. The molecule has 150 valence electrons. The number of benzene rings is 2. The van der Waals surface area contributed by atoms with Crippen LogP contribution in [-0.4, -0.2) is 26.6 Å². The minimum absolute atomic E-state index is 0.183. The summed E-state index contributed by atoms with van der Waals surface area (Å²) in [6.07, 6.45) is 4.19. The fourth-order valence-corrected chi connectivity index (χ4v) is 4.14. The van der Waals surface area contributed by atoms with Crippen molar-refractivity contribution < 1.29 is 13.2 Å². The number of hydrogen-bond donors (Lipinski definition) is 2. The maximum Gasteiger partial charge on any atom is 0.248 e. The van der Waals surface area contributed by atoms with Crippen LogP contribution < -0.4 is 10.0 Å². The van der Waals surface area contributed by atoms with Crippen molar-refractivity contribution in [3.63, 3.8) is 0 Å². The molecule has 0 aliphatic carbocycles. The molecule has 1 unspecified atom stereocenters. The van der Waals surface area contributed by atoms with Crippen molar-refractivity contribution >= 4 is 39.5 Å². The molecule has 0 fully saturated rings. The van der Waals surface area contributed by atoms with Gasteiger partial charge in [0, 0.05) is 21.9 Å². The fourth-order valence-electron chi connectivity index (χ4n) is 2.39.